The van der Waals surface area contributed by atoms with Crippen LogP contribution < -0.4 is 10.6 Å². The molecular weight excluding hydrogens is 228 g/mol. The molecule has 2 rings (SSSR count). The van der Waals surface area contributed by atoms with Crippen molar-refractivity contribution in [2.45, 2.75) is 51.0 Å². The number of carbonyl (C=O) groups is 1. The second-order valence-electron chi connectivity index (χ2n) is 5.48. The van der Waals surface area contributed by atoms with Crippen LogP contribution in [0.15, 0.2) is 0 Å². The highest BCUT2D eigenvalue weighted by Gasteiger charge is 2.21. The average molecular weight is 254 g/mol. The maximum atomic E-state index is 12.1. The SMILES string of the molecule is O=C(NCC1CNCCO1)C1CCCCCCC1. The predicted octanol–water partition coefficient (Wildman–Crippen LogP) is 1.45. The third kappa shape index (κ3) is 4.58. The van der Waals surface area contributed by atoms with Crippen molar-refractivity contribution in [1.29, 1.82) is 0 Å². The van der Waals surface area contributed by atoms with Gasteiger partial charge in [-0.05, 0) is 12.8 Å². The summed E-state index contributed by atoms with van der Waals surface area (Å²) in [5.74, 6) is 0.480. The van der Waals surface area contributed by atoms with Gasteiger partial charge in [0, 0.05) is 25.6 Å². The van der Waals surface area contributed by atoms with Crippen LogP contribution in [0.4, 0.5) is 0 Å². The summed E-state index contributed by atoms with van der Waals surface area (Å²) in [4.78, 5) is 12.1. The molecule has 1 saturated carbocycles. The fraction of sp³-hybridized carbons (Fsp3) is 0.929. The van der Waals surface area contributed by atoms with E-state index < -0.39 is 0 Å². The van der Waals surface area contributed by atoms with Gasteiger partial charge in [-0.3, -0.25) is 4.79 Å². The Morgan fingerprint density at radius 3 is 2.56 bits per heavy atom. The number of morpholine rings is 1. The zero-order valence-corrected chi connectivity index (χ0v) is 11.2. The maximum Gasteiger partial charge on any atom is 0.223 e. The molecule has 1 heterocycles. The van der Waals surface area contributed by atoms with Crippen molar-refractivity contribution < 1.29 is 9.53 Å². The van der Waals surface area contributed by atoms with Gasteiger partial charge in [-0.1, -0.05) is 32.1 Å². The van der Waals surface area contributed by atoms with Crippen molar-refractivity contribution in [3.8, 4) is 0 Å². The molecule has 0 aromatic rings. The molecule has 1 unspecified atom stereocenters. The third-order valence-electron chi connectivity index (χ3n) is 3.98. The molecule has 0 bridgehead atoms. The van der Waals surface area contributed by atoms with Crippen molar-refractivity contribution in [3.63, 3.8) is 0 Å². The Morgan fingerprint density at radius 2 is 1.89 bits per heavy atom. The minimum absolute atomic E-state index is 0.149. The Bertz CT molecular complexity index is 244. The van der Waals surface area contributed by atoms with Crippen LogP contribution in [0, 0.1) is 5.92 Å². The Kier molecular flexibility index (Phi) is 5.94. The topological polar surface area (TPSA) is 50.4 Å². The highest BCUT2D eigenvalue weighted by Crippen LogP contribution is 2.22. The lowest BCUT2D eigenvalue weighted by Gasteiger charge is -2.25. The van der Waals surface area contributed by atoms with Crippen molar-refractivity contribution in [1.82, 2.24) is 10.6 Å². The molecule has 0 aromatic heterocycles. The van der Waals surface area contributed by atoms with E-state index in [0.717, 1.165) is 32.5 Å². The van der Waals surface area contributed by atoms with Gasteiger partial charge in [0.15, 0.2) is 0 Å². The largest absolute Gasteiger partial charge is 0.374 e. The van der Waals surface area contributed by atoms with Crippen molar-refractivity contribution >= 4 is 5.91 Å². The van der Waals surface area contributed by atoms with Gasteiger partial charge in [-0.25, -0.2) is 0 Å². The maximum absolute atomic E-state index is 12.1. The molecule has 2 fully saturated rings. The number of ether oxygens (including phenoxy) is 1. The average Bonchev–Trinajstić information content (AvgIpc) is 2.37. The third-order valence-corrected chi connectivity index (χ3v) is 3.98. The molecule has 1 amide bonds. The standard InChI is InChI=1S/C14H26N2O2/c17-14(12-6-4-2-1-3-5-7-12)16-11-13-10-15-8-9-18-13/h12-13,15H,1-11H2,(H,16,17). The van der Waals surface area contributed by atoms with Gasteiger partial charge in [-0.2, -0.15) is 0 Å². The summed E-state index contributed by atoms with van der Waals surface area (Å²) < 4.78 is 5.58. The Morgan fingerprint density at radius 1 is 1.17 bits per heavy atom. The van der Waals surface area contributed by atoms with Gasteiger partial charge in [0.2, 0.25) is 5.91 Å². The van der Waals surface area contributed by atoms with Crippen LogP contribution in [-0.2, 0) is 9.53 Å². The monoisotopic (exact) mass is 254 g/mol. The Balaban J connectivity index is 1.68. The van der Waals surface area contributed by atoms with E-state index in [4.69, 9.17) is 4.74 Å². The molecule has 0 aromatic carbocycles. The van der Waals surface area contributed by atoms with Crippen molar-refractivity contribution in [2.75, 3.05) is 26.2 Å². The Labute approximate surface area is 110 Å². The summed E-state index contributed by atoms with van der Waals surface area (Å²) in [6.07, 6.45) is 8.62. The summed E-state index contributed by atoms with van der Waals surface area (Å²) in [7, 11) is 0. The van der Waals surface area contributed by atoms with E-state index in [1.165, 1.54) is 32.1 Å². The van der Waals surface area contributed by atoms with Crippen LogP contribution in [0.25, 0.3) is 0 Å². The van der Waals surface area contributed by atoms with Gasteiger partial charge in [-0.15, -0.1) is 0 Å². The molecule has 104 valence electrons. The van der Waals surface area contributed by atoms with E-state index in [9.17, 15) is 4.79 Å². The van der Waals surface area contributed by atoms with Gasteiger partial charge in [0.25, 0.3) is 0 Å². The first-order chi connectivity index (χ1) is 8.86. The molecule has 0 spiro atoms. The molecule has 4 nitrogen and oxygen atoms in total. The zero-order chi connectivity index (χ0) is 12.6. The highest BCUT2D eigenvalue weighted by molar-refractivity contribution is 5.78. The summed E-state index contributed by atoms with van der Waals surface area (Å²) >= 11 is 0. The summed E-state index contributed by atoms with van der Waals surface area (Å²) in [6, 6.07) is 0. The van der Waals surface area contributed by atoms with Crippen LogP contribution in [-0.4, -0.2) is 38.3 Å². The number of hydrogen-bond donors (Lipinski definition) is 2. The van der Waals surface area contributed by atoms with E-state index in [1.54, 1.807) is 0 Å². The molecule has 4 heteroatoms. The summed E-state index contributed by atoms with van der Waals surface area (Å²) in [6.45, 7) is 3.18. The molecular formula is C14H26N2O2. The second kappa shape index (κ2) is 7.74. The number of carbonyl (C=O) groups excluding carboxylic acids is 1. The lowest BCUT2D eigenvalue weighted by atomic mass is 9.90. The molecule has 1 saturated heterocycles. The molecule has 2 aliphatic rings. The fourth-order valence-corrected chi connectivity index (χ4v) is 2.83. The lowest BCUT2D eigenvalue weighted by Crippen LogP contribution is -2.46. The first-order valence-corrected chi connectivity index (χ1v) is 7.46. The number of hydrogen-bond acceptors (Lipinski definition) is 3. The molecule has 1 aliphatic carbocycles. The molecule has 1 atom stereocenters. The highest BCUT2D eigenvalue weighted by atomic mass is 16.5. The van der Waals surface area contributed by atoms with E-state index >= 15 is 0 Å². The normalized spacial score (nSPS) is 27.2. The van der Waals surface area contributed by atoms with E-state index in [1.807, 2.05) is 0 Å². The van der Waals surface area contributed by atoms with E-state index in [-0.39, 0.29) is 17.9 Å². The fourth-order valence-electron chi connectivity index (χ4n) is 2.83. The summed E-state index contributed by atoms with van der Waals surface area (Å²) in [5.41, 5.74) is 0. The molecule has 18 heavy (non-hydrogen) atoms. The van der Waals surface area contributed by atoms with E-state index in [0.29, 0.717) is 6.54 Å². The van der Waals surface area contributed by atoms with Crippen LogP contribution in [0.3, 0.4) is 0 Å². The molecule has 0 radical (unpaired) electrons. The van der Waals surface area contributed by atoms with E-state index in [2.05, 4.69) is 10.6 Å². The minimum atomic E-state index is 0.149. The molecule has 2 N–H and O–H groups in total. The molecule has 1 aliphatic heterocycles. The quantitative estimate of drug-likeness (QED) is 0.801. The first kappa shape index (κ1) is 13.8. The Hall–Kier alpha value is -0.610. The first-order valence-electron chi connectivity index (χ1n) is 7.46. The van der Waals surface area contributed by atoms with Crippen LogP contribution in [0.2, 0.25) is 0 Å². The van der Waals surface area contributed by atoms with Gasteiger partial charge >= 0.3 is 0 Å². The number of rotatable bonds is 3. The van der Waals surface area contributed by atoms with Crippen LogP contribution in [0.5, 0.6) is 0 Å². The van der Waals surface area contributed by atoms with Gasteiger partial charge in [0.05, 0.1) is 12.7 Å². The minimum Gasteiger partial charge on any atom is -0.374 e. The second-order valence-corrected chi connectivity index (χ2v) is 5.48. The number of amides is 1. The van der Waals surface area contributed by atoms with Gasteiger partial charge < -0.3 is 15.4 Å². The number of nitrogens with one attached hydrogen (secondary N) is 2. The van der Waals surface area contributed by atoms with Crippen LogP contribution in [0.1, 0.15) is 44.9 Å². The van der Waals surface area contributed by atoms with Crippen molar-refractivity contribution in [3.05, 3.63) is 0 Å². The summed E-state index contributed by atoms with van der Waals surface area (Å²) in [5, 5.41) is 6.35. The van der Waals surface area contributed by atoms with Gasteiger partial charge in [0.1, 0.15) is 0 Å². The zero-order valence-electron chi connectivity index (χ0n) is 11.2. The van der Waals surface area contributed by atoms with Crippen LogP contribution >= 0.6 is 0 Å². The van der Waals surface area contributed by atoms with Crippen molar-refractivity contribution in [2.24, 2.45) is 5.92 Å². The predicted molar refractivity (Wildman–Crippen MR) is 71.4 cm³/mol. The smallest absolute Gasteiger partial charge is 0.223 e. The lowest BCUT2D eigenvalue weighted by molar-refractivity contribution is -0.126.